The van der Waals surface area contributed by atoms with Gasteiger partial charge in [-0.15, -0.1) is 0 Å². The highest BCUT2D eigenvalue weighted by Crippen LogP contribution is 2.34. The summed E-state index contributed by atoms with van der Waals surface area (Å²) in [4.78, 5) is 30.6. The van der Waals surface area contributed by atoms with Crippen LogP contribution in [0.25, 0.3) is 0 Å². The smallest absolute Gasteiger partial charge is 0.234 e. The lowest BCUT2D eigenvalue weighted by molar-refractivity contribution is -0.128. The summed E-state index contributed by atoms with van der Waals surface area (Å²) in [5.74, 6) is 0.695. The number of hydrogen-bond acceptors (Lipinski definition) is 7. The zero-order valence-electron chi connectivity index (χ0n) is 24.6. The van der Waals surface area contributed by atoms with E-state index in [0.717, 1.165) is 24.2 Å². The molecule has 4 aromatic rings. The number of nitrogens with zero attached hydrogens (tertiary/aromatic N) is 4. The van der Waals surface area contributed by atoms with Crippen molar-refractivity contribution in [2.24, 2.45) is 5.73 Å². The number of carbonyl (C=O) groups excluding carboxylic acids is 2. The number of piperazine rings is 1. The fraction of sp³-hybridized carbons (Fsp3) is 0.229. The van der Waals surface area contributed by atoms with Crippen molar-refractivity contribution in [3.05, 3.63) is 120 Å². The van der Waals surface area contributed by atoms with Gasteiger partial charge in [0.2, 0.25) is 11.8 Å². The van der Waals surface area contributed by atoms with Crippen LogP contribution in [0.2, 0.25) is 0 Å². The van der Waals surface area contributed by atoms with Gasteiger partial charge in [0, 0.05) is 51.3 Å². The van der Waals surface area contributed by atoms with Crippen molar-refractivity contribution < 1.29 is 14.3 Å². The standard InChI is InChI=1S/C35H36N6O3/c36-24-27-13-15-28(16-14-27)26-41(32-11-4-5-12-33(32)44-31-10-6-7-29(23-31)25-37)35(43)18-17-34(42)38-40-21-19-39(20-22-40)30-8-2-1-3-9-30/h1-16,23H,17-22,25-26,37H2,(H,38,42). The number of amides is 2. The molecule has 224 valence electrons. The van der Waals surface area contributed by atoms with E-state index in [-0.39, 0.29) is 31.2 Å². The summed E-state index contributed by atoms with van der Waals surface area (Å²) in [6.45, 7) is 3.60. The Hall–Kier alpha value is -5.17. The Morgan fingerprint density at radius 1 is 0.841 bits per heavy atom. The minimum atomic E-state index is -0.217. The molecule has 0 bridgehead atoms. The summed E-state index contributed by atoms with van der Waals surface area (Å²) in [6, 6.07) is 34.3. The van der Waals surface area contributed by atoms with Gasteiger partial charge < -0.3 is 20.3 Å². The third-order valence-corrected chi connectivity index (χ3v) is 7.49. The predicted molar refractivity (Wildman–Crippen MR) is 171 cm³/mol. The second-order valence-corrected chi connectivity index (χ2v) is 10.6. The maximum Gasteiger partial charge on any atom is 0.234 e. The highest BCUT2D eigenvalue weighted by molar-refractivity contribution is 5.96. The minimum absolute atomic E-state index is 0.0170. The van der Waals surface area contributed by atoms with Crippen molar-refractivity contribution in [2.75, 3.05) is 36.0 Å². The summed E-state index contributed by atoms with van der Waals surface area (Å²) in [5, 5.41) is 11.1. The van der Waals surface area contributed by atoms with Crippen molar-refractivity contribution in [3.8, 4) is 17.6 Å². The first-order valence-electron chi connectivity index (χ1n) is 14.7. The Balaban J connectivity index is 1.26. The van der Waals surface area contributed by atoms with E-state index in [1.165, 1.54) is 5.69 Å². The van der Waals surface area contributed by atoms with Crippen LogP contribution in [0.4, 0.5) is 11.4 Å². The molecule has 0 unspecified atom stereocenters. The molecule has 0 aromatic heterocycles. The van der Waals surface area contributed by atoms with E-state index in [1.54, 1.807) is 17.0 Å². The average Bonchev–Trinajstić information content (AvgIpc) is 3.07. The molecule has 0 aliphatic carbocycles. The van der Waals surface area contributed by atoms with Gasteiger partial charge in [0.1, 0.15) is 5.75 Å². The first-order chi connectivity index (χ1) is 21.5. The molecule has 0 radical (unpaired) electrons. The number of nitrogens with one attached hydrogen (secondary N) is 1. The van der Waals surface area contributed by atoms with Crippen LogP contribution in [0.15, 0.2) is 103 Å². The second-order valence-electron chi connectivity index (χ2n) is 10.6. The normalized spacial score (nSPS) is 13.1. The molecule has 0 atom stereocenters. The van der Waals surface area contributed by atoms with E-state index in [0.29, 0.717) is 42.4 Å². The molecular weight excluding hydrogens is 552 g/mol. The van der Waals surface area contributed by atoms with Crippen molar-refractivity contribution in [1.82, 2.24) is 10.4 Å². The molecule has 4 aromatic carbocycles. The molecule has 2 amide bonds. The number of ether oxygens (including phenoxy) is 1. The first-order valence-corrected chi connectivity index (χ1v) is 14.7. The van der Waals surface area contributed by atoms with Gasteiger partial charge in [-0.1, -0.05) is 54.6 Å². The molecular formula is C35H36N6O3. The third-order valence-electron chi connectivity index (χ3n) is 7.49. The van der Waals surface area contributed by atoms with Gasteiger partial charge in [-0.3, -0.25) is 15.0 Å². The number of benzene rings is 4. The van der Waals surface area contributed by atoms with E-state index in [2.05, 4.69) is 28.5 Å². The Bertz CT molecular complexity index is 1600. The van der Waals surface area contributed by atoms with Crippen LogP contribution in [0.1, 0.15) is 29.5 Å². The van der Waals surface area contributed by atoms with Crippen molar-refractivity contribution in [2.45, 2.75) is 25.9 Å². The molecule has 1 aliphatic rings. The first kappa shape index (κ1) is 30.3. The van der Waals surface area contributed by atoms with Gasteiger partial charge in [0.15, 0.2) is 5.75 Å². The van der Waals surface area contributed by atoms with Gasteiger partial charge in [-0.05, 0) is 59.7 Å². The van der Waals surface area contributed by atoms with Crippen LogP contribution in [-0.2, 0) is 22.7 Å². The van der Waals surface area contributed by atoms with E-state index >= 15 is 0 Å². The highest BCUT2D eigenvalue weighted by atomic mass is 16.5. The van der Waals surface area contributed by atoms with Crippen LogP contribution in [-0.4, -0.2) is 43.0 Å². The Morgan fingerprint density at radius 3 is 2.30 bits per heavy atom. The zero-order chi connectivity index (χ0) is 30.7. The van der Waals surface area contributed by atoms with Crippen LogP contribution in [0.5, 0.6) is 11.5 Å². The zero-order valence-corrected chi connectivity index (χ0v) is 24.6. The van der Waals surface area contributed by atoms with Gasteiger partial charge in [0.25, 0.3) is 0 Å². The van der Waals surface area contributed by atoms with E-state index in [9.17, 15) is 14.9 Å². The van der Waals surface area contributed by atoms with Crippen molar-refractivity contribution in [1.29, 1.82) is 5.26 Å². The Kier molecular flexibility index (Phi) is 10.2. The molecule has 1 heterocycles. The number of hydrazine groups is 1. The molecule has 1 saturated heterocycles. The van der Waals surface area contributed by atoms with Crippen LogP contribution in [0, 0.1) is 11.3 Å². The molecule has 5 rings (SSSR count). The number of anilines is 2. The molecule has 9 nitrogen and oxygen atoms in total. The number of para-hydroxylation sites is 3. The van der Waals surface area contributed by atoms with Crippen molar-refractivity contribution >= 4 is 23.2 Å². The second kappa shape index (κ2) is 14.8. The van der Waals surface area contributed by atoms with Crippen LogP contribution < -0.4 is 25.7 Å². The van der Waals surface area contributed by atoms with E-state index in [4.69, 9.17) is 10.5 Å². The lowest BCUT2D eigenvalue weighted by Crippen LogP contribution is -2.53. The maximum absolute atomic E-state index is 13.8. The van der Waals surface area contributed by atoms with Crippen LogP contribution in [0.3, 0.4) is 0 Å². The highest BCUT2D eigenvalue weighted by Gasteiger charge is 2.23. The third kappa shape index (κ3) is 8.01. The van der Waals surface area contributed by atoms with Gasteiger partial charge in [0.05, 0.1) is 23.9 Å². The summed E-state index contributed by atoms with van der Waals surface area (Å²) >= 11 is 0. The Labute approximate surface area is 258 Å². The number of nitriles is 1. The van der Waals surface area contributed by atoms with E-state index in [1.807, 2.05) is 83.9 Å². The predicted octanol–water partition coefficient (Wildman–Crippen LogP) is 4.98. The number of rotatable bonds is 11. The molecule has 1 fully saturated rings. The molecule has 0 spiro atoms. The Morgan fingerprint density at radius 2 is 1.57 bits per heavy atom. The topological polar surface area (TPSA) is 115 Å². The lowest BCUT2D eigenvalue weighted by atomic mass is 10.1. The number of nitrogens with two attached hydrogens (primary N) is 1. The number of hydrogen-bond donors (Lipinski definition) is 2. The summed E-state index contributed by atoms with van der Waals surface area (Å²) in [5.41, 5.74) is 12.9. The molecule has 44 heavy (non-hydrogen) atoms. The summed E-state index contributed by atoms with van der Waals surface area (Å²) in [6.07, 6.45) is 0.0618. The SMILES string of the molecule is N#Cc1ccc(CN(C(=O)CCC(=O)NN2CCN(c3ccccc3)CC2)c2ccccc2Oc2cccc(CN)c2)cc1. The maximum atomic E-state index is 13.8. The largest absolute Gasteiger partial charge is 0.455 e. The molecule has 9 heteroatoms. The quantitative estimate of drug-likeness (QED) is 0.254. The lowest BCUT2D eigenvalue weighted by Gasteiger charge is -2.36. The minimum Gasteiger partial charge on any atom is -0.455 e. The fourth-order valence-corrected chi connectivity index (χ4v) is 5.11. The molecule has 1 aliphatic heterocycles. The van der Waals surface area contributed by atoms with Gasteiger partial charge in [-0.2, -0.15) is 5.26 Å². The molecule has 0 saturated carbocycles. The average molecular weight is 589 g/mol. The summed E-state index contributed by atoms with van der Waals surface area (Å²) in [7, 11) is 0. The van der Waals surface area contributed by atoms with Gasteiger partial charge >= 0.3 is 0 Å². The van der Waals surface area contributed by atoms with E-state index < -0.39 is 0 Å². The summed E-state index contributed by atoms with van der Waals surface area (Å²) < 4.78 is 6.24. The monoisotopic (exact) mass is 588 g/mol. The molecule has 3 N–H and O–H groups in total. The number of carbonyl (C=O) groups is 2. The van der Waals surface area contributed by atoms with Crippen LogP contribution >= 0.6 is 0 Å². The van der Waals surface area contributed by atoms with Gasteiger partial charge in [-0.25, -0.2) is 5.01 Å². The fourth-order valence-electron chi connectivity index (χ4n) is 5.11. The van der Waals surface area contributed by atoms with Crippen molar-refractivity contribution in [3.63, 3.8) is 0 Å².